The van der Waals surface area contributed by atoms with E-state index in [-0.39, 0.29) is 22.2 Å². The Morgan fingerprint density at radius 2 is 2.00 bits per heavy atom. The van der Waals surface area contributed by atoms with Crippen LogP contribution in [0.3, 0.4) is 0 Å². The van der Waals surface area contributed by atoms with Crippen molar-refractivity contribution in [1.82, 2.24) is 10.2 Å². The van der Waals surface area contributed by atoms with E-state index >= 15 is 0 Å². The number of hydrogen-bond acceptors (Lipinski definition) is 3. The fraction of sp³-hybridized carbons (Fsp3) is 0.500. The van der Waals surface area contributed by atoms with Gasteiger partial charge in [0.15, 0.2) is 5.82 Å². The summed E-state index contributed by atoms with van der Waals surface area (Å²) >= 11 is 6.64. The van der Waals surface area contributed by atoms with Crippen molar-refractivity contribution in [3.8, 4) is 0 Å². The first-order valence-electron chi connectivity index (χ1n) is 8.42. The number of carbonyl (C=O) groups excluding carboxylic acids is 1. The first kappa shape index (κ1) is 17.2. The third-order valence-corrected chi connectivity index (χ3v) is 7.23. The minimum absolute atomic E-state index is 0.0536. The predicted molar refractivity (Wildman–Crippen MR) is 96.4 cm³/mol. The molecular weight excluding hydrogens is 366 g/mol. The van der Waals surface area contributed by atoms with E-state index < -0.39 is 16.7 Å². The van der Waals surface area contributed by atoms with E-state index in [9.17, 15) is 13.6 Å². The molecule has 1 atom stereocenters. The van der Waals surface area contributed by atoms with E-state index in [4.69, 9.17) is 11.6 Å². The Morgan fingerprint density at radius 3 is 2.64 bits per heavy atom. The van der Waals surface area contributed by atoms with E-state index in [1.807, 2.05) is 0 Å². The number of nitrogens with one attached hydrogen (secondary N) is 1. The molecule has 25 heavy (non-hydrogen) atoms. The number of halogens is 3. The van der Waals surface area contributed by atoms with Crippen molar-refractivity contribution < 1.29 is 13.6 Å². The lowest BCUT2D eigenvalue weighted by Gasteiger charge is -2.56. The van der Waals surface area contributed by atoms with Gasteiger partial charge < -0.3 is 5.32 Å². The molecule has 5 rings (SSSR count). The minimum atomic E-state index is -0.810. The highest BCUT2D eigenvalue weighted by Crippen LogP contribution is 2.39. The summed E-state index contributed by atoms with van der Waals surface area (Å²) in [5.41, 5.74) is -0.103. The van der Waals surface area contributed by atoms with Gasteiger partial charge in [-0.25, -0.2) is 8.78 Å². The van der Waals surface area contributed by atoms with E-state index in [1.165, 1.54) is 12.1 Å². The molecule has 1 N–H and O–H groups in total. The lowest BCUT2D eigenvalue weighted by atomic mass is 9.72. The summed E-state index contributed by atoms with van der Waals surface area (Å²) in [5.74, 6) is -1.38. The second kappa shape index (κ2) is 5.89. The fourth-order valence-corrected chi connectivity index (χ4v) is 5.48. The fourth-order valence-electron chi connectivity index (χ4n) is 4.29. The van der Waals surface area contributed by atoms with Crippen LogP contribution in [0.4, 0.5) is 8.78 Å². The normalized spacial score (nSPS) is 27.6. The molecule has 7 heteroatoms. The number of piperidine rings is 3. The predicted octanol–water partition coefficient (Wildman–Crippen LogP) is 4.44. The van der Waals surface area contributed by atoms with Crippen molar-refractivity contribution in [2.24, 2.45) is 5.92 Å². The Hall–Kier alpha value is -1.24. The molecule has 3 fully saturated rings. The van der Waals surface area contributed by atoms with Crippen LogP contribution in [0.1, 0.15) is 36.4 Å². The van der Waals surface area contributed by atoms with Crippen molar-refractivity contribution in [3.05, 3.63) is 33.7 Å². The molecule has 3 nitrogen and oxygen atoms in total. The molecule has 3 aliphatic rings. The molecule has 3 saturated heterocycles. The Bertz CT molecular complexity index is 858. The summed E-state index contributed by atoms with van der Waals surface area (Å²) in [6.07, 6.45) is 2.16. The summed E-state index contributed by atoms with van der Waals surface area (Å²) in [6, 6.07) is 2.76. The van der Waals surface area contributed by atoms with Gasteiger partial charge in [-0.2, -0.15) is 0 Å². The maximum atomic E-state index is 14.1. The zero-order valence-electron chi connectivity index (χ0n) is 14.0. The Balaban J connectivity index is 1.63. The van der Waals surface area contributed by atoms with Crippen LogP contribution in [0.2, 0.25) is 5.02 Å². The molecule has 0 radical (unpaired) electrons. The summed E-state index contributed by atoms with van der Waals surface area (Å²) < 4.78 is 28.0. The molecule has 1 aromatic heterocycles. The van der Waals surface area contributed by atoms with Crippen molar-refractivity contribution in [3.63, 3.8) is 0 Å². The van der Waals surface area contributed by atoms with Gasteiger partial charge in [0.05, 0.1) is 9.58 Å². The van der Waals surface area contributed by atoms with Crippen LogP contribution in [-0.2, 0) is 0 Å². The number of nitrogens with zero attached hydrogens (tertiary/aromatic N) is 1. The zero-order valence-corrected chi connectivity index (χ0v) is 15.6. The summed E-state index contributed by atoms with van der Waals surface area (Å²) in [7, 11) is 0. The maximum Gasteiger partial charge on any atom is 0.261 e. The van der Waals surface area contributed by atoms with Gasteiger partial charge in [-0.05, 0) is 63.2 Å². The highest BCUT2D eigenvalue weighted by atomic mass is 35.5. The average molecular weight is 385 g/mol. The van der Waals surface area contributed by atoms with Crippen LogP contribution in [0.5, 0.6) is 0 Å². The number of amides is 1. The van der Waals surface area contributed by atoms with E-state index in [0.29, 0.717) is 16.2 Å². The van der Waals surface area contributed by atoms with Gasteiger partial charge in [0.25, 0.3) is 5.91 Å². The number of thiophene rings is 1. The zero-order chi connectivity index (χ0) is 17.9. The van der Waals surface area contributed by atoms with Crippen LogP contribution < -0.4 is 5.32 Å². The summed E-state index contributed by atoms with van der Waals surface area (Å²) in [4.78, 5) is 15.6. The molecule has 134 valence electrons. The van der Waals surface area contributed by atoms with Crippen molar-refractivity contribution >= 4 is 38.9 Å². The van der Waals surface area contributed by atoms with Gasteiger partial charge in [0.1, 0.15) is 10.8 Å². The molecule has 2 bridgehead atoms. The summed E-state index contributed by atoms with van der Waals surface area (Å²) in [6.45, 7) is 6.44. The quantitative estimate of drug-likeness (QED) is 0.776. The first-order valence-corrected chi connectivity index (χ1v) is 9.61. The highest BCUT2D eigenvalue weighted by Gasteiger charge is 2.48. The van der Waals surface area contributed by atoms with Gasteiger partial charge in [0.2, 0.25) is 0 Å². The monoisotopic (exact) mass is 384 g/mol. The molecule has 0 saturated carbocycles. The van der Waals surface area contributed by atoms with Crippen molar-refractivity contribution in [1.29, 1.82) is 0 Å². The van der Waals surface area contributed by atoms with Crippen LogP contribution in [0.25, 0.3) is 10.1 Å². The SMILES string of the molecule is CC1(C)C(NC(=O)c2cc3cc(F)c(Cl)c(F)c3s2)C2CCN1CC2. The minimum Gasteiger partial charge on any atom is -0.346 e. The van der Waals surface area contributed by atoms with Crippen LogP contribution in [0.15, 0.2) is 12.1 Å². The molecular formula is C18H19ClF2N2OS. The van der Waals surface area contributed by atoms with Gasteiger partial charge in [0, 0.05) is 11.6 Å². The summed E-state index contributed by atoms with van der Waals surface area (Å²) in [5, 5.41) is 2.98. The third-order valence-electron chi connectivity index (χ3n) is 5.74. The second-order valence-electron chi connectivity index (χ2n) is 7.44. The Morgan fingerprint density at radius 1 is 1.32 bits per heavy atom. The smallest absolute Gasteiger partial charge is 0.261 e. The third kappa shape index (κ3) is 2.66. The second-order valence-corrected chi connectivity index (χ2v) is 8.87. The topological polar surface area (TPSA) is 32.3 Å². The van der Waals surface area contributed by atoms with Gasteiger partial charge in [-0.1, -0.05) is 11.6 Å². The number of hydrogen-bond donors (Lipinski definition) is 1. The Labute approximate surface area is 153 Å². The lowest BCUT2D eigenvalue weighted by molar-refractivity contribution is -0.0377. The van der Waals surface area contributed by atoms with Crippen LogP contribution in [-0.4, -0.2) is 35.5 Å². The van der Waals surface area contributed by atoms with Gasteiger partial charge >= 0.3 is 0 Å². The average Bonchev–Trinajstić information content (AvgIpc) is 3.00. The van der Waals surface area contributed by atoms with Crippen LogP contribution in [0, 0.1) is 17.6 Å². The first-order chi connectivity index (χ1) is 11.8. The highest BCUT2D eigenvalue weighted by molar-refractivity contribution is 7.20. The van der Waals surface area contributed by atoms with Gasteiger partial charge in [-0.3, -0.25) is 9.69 Å². The molecule has 3 aliphatic heterocycles. The molecule has 2 aromatic rings. The van der Waals surface area contributed by atoms with E-state index in [1.54, 1.807) is 0 Å². The van der Waals surface area contributed by atoms with E-state index in [0.717, 1.165) is 37.3 Å². The van der Waals surface area contributed by atoms with Crippen LogP contribution >= 0.6 is 22.9 Å². The van der Waals surface area contributed by atoms with Crippen molar-refractivity contribution in [2.75, 3.05) is 13.1 Å². The number of carbonyl (C=O) groups is 1. The molecule has 1 amide bonds. The maximum absolute atomic E-state index is 14.1. The molecule has 1 unspecified atom stereocenters. The molecule has 0 spiro atoms. The Kier molecular flexibility index (Phi) is 4.05. The molecule has 4 heterocycles. The molecule has 0 aliphatic carbocycles. The standard InChI is InChI=1S/C18H19ClF2N2OS/c1-18(2)16(9-3-5-23(18)6-4-9)22-17(24)12-8-10-7-11(20)13(19)14(21)15(10)25-12/h7-9,16H,3-6H2,1-2H3,(H,22,24). The van der Waals surface area contributed by atoms with Crippen molar-refractivity contribution in [2.45, 2.75) is 38.3 Å². The van der Waals surface area contributed by atoms with E-state index in [2.05, 4.69) is 24.1 Å². The molecule has 1 aromatic carbocycles. The number of fused-ring (bicyclic) bond motifs is 4. The number of benzene rings is 1. The largest absolute Gasteiger partial charge is 0.346 e. The van der Waals surface area contributed by atoms with Gasteiger partial charge in [-0.15, -0.1) is 11.3 Å². The lowest BCUT2D eigenvalue weighted by Crippen LogP contribution is -2.69. The number of rotatable bonds is 2.